The molecule has 0 aliphatic rings. The van der Waals surface area contributed by atoms with Gasteiger partial charge in [0.25, 0.3) is 0 Å². The van der Waals surface area contributed by atoms with Gasteiger partial charge in [-0.2, -0.15) is 0 Å². The Morgan fingerprint density at radius 1 is 1.29 bits per heavy atom. The Labute approximate surface area is 103 Å². The van der Waals surface area contributed by atoms with Crippen LogP contribution in [0, 0.1) is 5.92 Å². The van der Waals surface area contributed by atoms with E-state index < -0.39 is 11.9 Å². The molecule has 0 aromatic rings. The van der Waals surface area contributed by atoms with Gasteiger partial charge in [0.15, 0.2) is 0 Å². The number of carboxylic acid groups (broad SMARTS) is 1. The third kappa shape index (κ3) is 5.68. The summed E-state index contributed by atoms with van der Waals surface area (Å²) in [5.41, 5.74) is 0. The summed E-state index contributed by atoms with van der Waals surface area (Å²) in [5, 5.41) is 11.7. The molecule has 5 nitrogen and oxygen atoms in total. The number of hydrogen-bond donors (Lipinski definition) is 2. The smallest absolute Gasteiger partial charge is 0.307 e. The lowest BCUT2D eigenvalue weighted by Crippen LogP contribution is -2.47. The second-order valence-corrected chi connectivity index (χ2v) is 4.67. The molecule has 2 N–H and O–H groups in total. The van der Waals surface area contributed by atoms with Gasteiger partial charge in [-0.05, 0) is 27.3 Å². The summed E-state index contributed by atoms with van der Waals surface area (Å²) in [6.07, 6.45) is 0.883. The van der Waals surface area contributed by atoms with Crippen molar-refractivity contribution in [2.24, 2.45) is 5.92 Å². The van der Waals surface area contributed by atoms with Crippen LogP contribution in [0.1, 0.15) is 34.1 Å². The summed E-state index contributed by atoms with van der Waals surface area (Å²) in [5.74, 6) is -1.37. The van der Waals surface area contributed by atoms with Crippen LogP contribution in [0.3, 0.4) is 0 Å². The summed E-state index contributed by atoms with van der Waals surface area (Å²) >= 11 is 0. The van der Waals surface area contributed by atoms with Crippen molar-refractivity contribution >= 4 is 11.9 Å². The van der Waals surface area contributed by atoms with Gasteiger partial charge in [-0.1, -0.05) is 13.8 Å². The zero-order chi connectivity index (χ0) is 13.6. The van der Waals surface area contributed by atoms with Gasteiger partial charge in [-0.15, -0.1) is 0 Å². The monoisotopic (exact) mass is 244 g/mol. The van der Waals surface area contributed by atoms with Crippen LogP contribution in [0.15, 0.2) is 0 Å². The fourth-order valence-electron chi connectivity index (χ4n) is 1.33. The topological polar surface area (TPSA) is 69.6 Å². The van der Waals surface area contributed by atoms with E-state index in [0.717, 1.165) is 6.42 Å². The molecular formula is C12H24N2O3. The molecule has 0 spiro atoms. The molecule has 1 amide bonds. The second kappa shape index (κ2) is 7.27. The Kier molecular flexibility index (Phi) is 6.80. The first kappa shape index (κ1) is 15.9. The minimum absolute atomic E-state index is 0.0561. The summed E-state index contributed by atoms with van der Waals surface area (Å²) in [6, 6.07) is -0.166. The van der Waals surface area contributed by atoms with Crippen LogP contribution in [-0.4, -0.2) is 47.6 Å². The Morgan fingerprint density at radius 3 is 2.24 bits per heavy atom. The van der Waals surface area contributed by atoms with Gasteiger partial charge in [-0.25, -0.2) is 0 Å². The molecule has 0 aromatic heterocycles. The molecular weight excluding hydrogens is 220 g/mol. The largest absolute Gasteiger partial charge is 0.481 e. The first-order chi connectivity index (χ1) is 7.79. The Morgan fingerprint density at radius 2 is 1.82 bits per heavy atom. The number of likely N-dealkylation sites (N-methyl/N-ethyl adjacent to an activating group) is 1. The van der Waals surface area contributed by atoms with Crippen LogP contribution in [-0.2, 0) is 9.59 Å². The molecule has 5 heteroatoms. The molecule has 0 aliphatic heterocycles. The first-order valence-corrected chi connectivity index (χ1v) is 6.03. The highest BCUT2D eigenvalue weighted by molar-refractivity contribution is 5.81. The molecule has 0 bridgehead atoms. The third-order valence-electron chi connectivity index (χ3n) is 3.03. The molecule has 0 radical (unpaired) electrons. The van der Waals surface area contributed by atoms with Gasteiger partial charge in [0.05, 0.1) is 12.0 Å². The van der Waals surface area contributed by atoms with Crippen LogP contribution in [0.2, 0.25) is 0 Å². The zero-order valence-electron chi connectivity index (χ0n) is 11.4. The third-order valence-corrected chi connectivity index (χ3v) is 3.03. The van der Waals surface area contributed by atoms with E-state index in [1.54, 1.807) is 25.8 Å². The van der Waals surface area contributed by atoms with E-state index in [-0.39, 0.29) is 18.0 Å². The van der Waals surface area contributed by atoms with Gasteiger partial charge >= 0.3 is 5.97 Å². The number of rotatable bonds is 7. The van der Waals surface area contributed by atoms with E-state index in [0.29, 0.717) is 6.54 Å². The van der Waals surface area contributed by atoms with E-state index in [1.165, 1.54) is 0 Å². The van der Waals surface area contributed by atoms with Crippen molar-refractivity contribution in [3.8, 4) is 0 Å². The maximum atomic E-state index is 11.8. The highest BCUT2D eigenvalue weighted by Gasteiger charge is 2.22. The molecule has 0 saturated carbocycles. The fourth-order valence-corrected chi connectivity index (χ4v) is 1.33. The molecule has 0 aliphatic carbocycles. The van der Waals surface area contributed by atoms with Crippen LogP contribution in [0.4, 0.5) is 0 Å². The maximum absolute atomic E-state index is 11.8. The summed E-state index contributed by atoms with van der Waals surface area (Å²) < 4.78 is 0. The summed E-state index contributed by atoms with van der Waals surface area (Å²) in [7, 11) is 1.76. The van der Waals surface area contributed by atoms with Crippen LogP contribution in [0.5, 0.6) is 0 Å². The van der Waals surface area contributed by atoms with Crippen molar-refractivity contribution in [1.82, 2.24) is 10.2 Å². The Hall–Kier alpha value is -1.10. The molecule has 0 heterocycles. The summed E-state index contributed by atoms with van der Waals surface area (Å²) in [4.78, 5) is 24.3. The molecule has 0 saturated heterocycles. The predicted octanol–water partition coefficient (Wildman–Crippen LogP) is 0.942. The van der Waals surface area contributed by atoms with E-state index in [2.05, 4.69) is 5.32 Å². The van der Waals surface area contributed by atoms with E-state index in [9.17, 15) is 9.59 Å². The SMILES string of the molecule is CCC(C)NC(=O)C(C)N(C)CC(C)C(=O)O. The number of nitrogens with zero attached hydrogens (tertiary/aromatic N) is 1. The molecule has 3 atom stereocenters. The van der Waals surface area contributed by atoms with E-state index >= 15 is 0 Å². The highest BCUT2D eigenvalue weighted by atomic mass is 16.4. The van der Waals surface area contributed by atoms with Gasteiger partial charge in [0.2, 0.25) is 5.91 Å². The minimum atomic E-state index is -0.841. The molecule has 3 unspecified atom stereocenters. The lowest BCUT2D eigenvalue weighted by molar-refractivity contribution is -0.142. The second-order valence-electron chi connectivity index (χ2n) is 4.67. The average Bonchev–Trinajstić information content (AvgIpc) is 2.27. The highest BCUT2D eigenvalue weighted by Crippen LogP contribution is 2.03. The van der Waals surface area contributed by atoms with Crippen molar-refractivity contribution in [1.29, 1.82) is 0 Å². The lowest BCUT2D eigenvalue weighted by Gasteiger charge is -2.26. The normalized spacial score (nSPS) is 16.4. The van der Waals surface area contributed by atoms with Gasteiger partial charge in [0, 0.05) is 12.6 Å². The molecule has 0 aromatic carbocycles. The van der Waals surface area contributed by atoms with Crippen molar-refractivity contribution in [3.63, 3.8) is 0 Å². The van der Waals surface area contributed by atoms with Crippen molar-refractivity contribution < 1.29 is 14.7 Å². The van der Waals surface area contributed by atoms with Crippen LogP contribution in [0.25, 0.3) is 0 Å². The lowest BCUT2D eigenvalue weighted by atomic mass is 10.1. The number of nitrogens with one attached hydrogen (secondary N) is 1. The average molecular weight is 244 g/mol. The van der Waals surface area contributed by atoms with Crippen molar-refractivity contribution in [3.05, 3.63) is 0 Å². The molecule has 0 fully saturated rings. The standard InChI is InChI=1S/C12H24N2O3/c1-6-9(3)13-11(15)10(4)14(5)7-8(2)12(16)17/h8-10H,6-7H2,1-5H3,(H,13,15)(H,16,17). The maximum Gasteiger partial charge on any atom is 0.307 e. The van der Waals surface area contributed by atoms with Gasteiger partial charge in [0.1, 0.15) is 0 Å². The van der Waals surface area contributed by atoms with Crippen molar-refractivity contribution in [2.45, 2.75) is 46.2 Å². The fraction of sp³-hybridized carbons (Fsp3) is 0.833. The quantitative estimate of drug-likeness (QED) is 0.699. The van der Waals surface area contributed by atoms with Crippen LogP contribution >= 0.6 is 0 Å². The number of carboxylic acids is 1. The van der Waals surface area contributed by atoms with Crippen LogP contribution < -0.4 is 5.32 Å². The Balaban J connectivity index is 4.24. The van der Waals surface area contributed by atoms with Crippen molar-refractivity contribution in [2.75, 3.05) is 13.6 Å². The number of carbonyl (C=O) groups excluding carboxylic acids is 1. The summed E-state index contributed by atoms with van der Waals surface area (Å²) in [6.45, 7) is 7.74. The number of hydrogen-bond acceptors (Lipinski definition) is 3. The number of aliphatic carboxylic acids is 1. The first-order valence-electron chi connectivity index (χ1n) is 6.03. The molecule has 17 heavy (non-hydrogen) atoms. The van der Waals surface area contributed by atoms with Gasteiger partial charge < -0.3 is 10.4 Å². The number of carbonyl (C=O) groups is 2. The zero-order valence-corrected chi connectivity index (χ0v) is 11.4. The molecule has 0 rings (SSSR count). The number of amides is 1. The van der Waals surface area contributed by atoms with Gasteiger partial charge in [-0.3, -0.25) is 14.5 Å². The predicted molar refractivity (Wildman–Crippen MR) is 66.8 cm³/mol. The molecule has 100 valence electrons. The van der Waals surface area contributed by atoms with E-state index in [1.807, 2.05) is 13.8 Å². The Bertz CT molecular complexity index is 268. The minimum Gasteiger partial charge on any atom is -0.481 e. The van der Waals surface area contributed by atoms with E-state index in [4.69, 9.17) is 5.11 Å².